The first-order valence-electron chi connectivity index (χ1n) is 6.67. The van der Waals surface area contributed by atoms with Crippen LogP contribution in [-0.2, 0) is 29.9 Å². The van der Waals surface area contributed by atoms with Crippen molar-refractivity contribution in [3.63, 3.8) is 0 Å². The minimum absolute atomic E-state index is 0.304. The van der Waals surface area contributed by atoms with E-state index in [1.165, 1.54) is 5.69 Å². The third kappa shape index (κ3) is 3.55. The van der Waals surface area contributed by atoms with Gasteiger partial charge in [0.15, 0.2) is 0 Å². The molecule has 1 saturated heterocycles. The van der Waals surface area contributed by atoms with Gasteiger partial charge in [0.05, 0.1) is 10.9 Å². The Hall–Kier alpha value is -0.920. The van der Waals surface area contributed by atoms with E-state index in [4.69, 9.17) is 5.14 Å². The topological polar surface area (TPSA) is 90.0 Å². The molecule has 19 heavy (non-hydrogen) atoms. The van der Waals surface area contributed by atoms with E-state index < -0.39 is 15.3 Å². The molecule has 1 fully saturated rings. The summed E-state index contributed by atoms with van der Waals surface area (Å²) in [4.78, 5) is 0. The third-order valence-electron chi connectivity index (χ3n) is 3.78. The van der Waals surface area contributed by atoms with Crippen LogP contribution >= 0.6 is 0 Å². The fourth-order valence-electron chi connectivity index (χ4n) is 2.53. The van der Waals surface area contributed by atoms with Gasteiger partial charge in [-0.1, -0.05) is 6.92 Å². The van der Waals surface area contributed by atoms with Gasteiger partial charge >= 0.3 is 0 Å². The number of rotatable bonds is 4. The number of aryl methyl sites for hydroxylation is 2. The van der Waals surface area contributed by atoms with Crippen molar-refractivity contribution >= 4 is 10.0 Å². The lowest BCUT2D eigenvalue weighted by molar-refractivity contribution is 0.390. The molecule has 2 rings (SSSR count). The maximum absolute atomic E-state index is 11.3. The lowest BCUT2D eigenvalue weighted by atomic mass is 10.00. The van der Waals surface area contributed by atoms with Crippen LogP contribution < -0.4 is 10.5 Å². The molecule has 2 unspecified atom stereocenters. The first-order valence-corrected chi connectivity index (χ1v) is 8.28. The summed E-state index contributed by atoms with van der Waals surface area (Å²) in [5.41, 5.74) is 2.28. The number of primary sulfonamides is 1. The maximum atomic E-state index is 11.3. The van der Waals surface area contributed by atoms with Crippen molar-refractivity contribution in [1.29, 1.82) is 0 Å². The van der Waals surface area contributed by atoms with Crippen molar-refractivity contribution in [2.24, 2.45) is 12.2 Å². The van der Waals surface area contributed by atoms with Crippen LogP contribution in [0.5, 0.6) is 0 Å². The molecule has 1 aliphatic heterocycles. The zero-order chi connectivity index (χ0) is 14.0. The summed E-state index contributed by atoms with van der Waals surface area (Å²) < 4.78 is 24.5. The summed E-state index contributed by atoms with van der Waals surface area (Å²) >= 11 is 0. The number of nitrogens with two attached hydrogens (primary N) is 1. The zero-order valence-electron chi connectivity index (χ0n) is 11.5. The fraction of sp³-hybridized carbons (Fsp3) is 0.750. The highest BCUT2D eigenvalue weighted by atomic mass is 32.2. The Kier molecular flexibility index (Phi) is 4.27. The average molecular weight is 286 g/mol. The van der Waals surface area contributed by atoms with Crippen molar-refractivity contribution in [3.8, 4) is 0 Å². The van der Waals surface area contributed by atoms with Gasteiger partial charge in [0, 0.05) is 31.7 Å². The molecule has 1 aromatic rings. The highest BCUT2D eigenvalue weighted by Gasteiger charge is 2.28. The molecule has 0 bridgehead atoms. The van der Waals surface area contributed by atoms with Crippen molar-refractivity contribution in [3.05, 3.63) is 17.5 Å². The first kappa shape index (κ1) is 14.5. The van der Waals surface area contributed by atoms with Gasteiger partial charge in [0.1, 0.15) is 0 Å². The van der Waals surface area contributed by atoms with Crippen molar-refractivity contribution in [1.82, 2.24) is 15.1 Å². The number of aromatic nitrogens is 2. The first-order chi connectivity index (χ1) is 8.90. The molecule has 0 saturated carbocycles. The summed E-state index contributed by atoms with van der Waals surface area (Å²) in [7, 11) is -1.46. The summed E-state index contributed by atoms with van der Waals surface area (Å²) in [6.07, 6.45) is 3.27. The van der Waals surface area contributed by atoms with Crippen LogP contribution in [0.25, 0.3) is 0 Å². The second kappa shape index (κ2) is 5.60. The fourth-order valence-corrected chi connectivity index (χ4v) is 3.32. The molecule has 3 N–H and O–H groups in total. The molecular weight excluding hydrogens is 264 g/mol. The van der Waals surface area contributed by atoms with E-state index in [1.807, 2.05) is 11.7 Å². The van der Waals surface area contributed by atoms with Gasteiger partial charge in [-0.05, 0) is 25.3 Å². The molecule has 0 amide bonds. The Morgan fingerprint density at radius 3 is 2.74 bits per heavy atom. The highest BCUT2D eigenvalue weighted by Crippen LogP contribution is 2.17. The van der Waals surface area contributed by atoms with Crippen molar-refractivity contribution in [2.45, 2.75) is 43.9 Å². The monoisotopic (exact) mass is 286 g/mol. The lowest BCUT2D eigenvalue weighted by Gasteiger charge is -2.28. The predicted octanol–water partition coefficient (Wildman–Crippen LogP) is -0.0659. The summed E-state index contributed by atoms with van der Waals surface area (Å²) in [5.74, 6) is 0. The van der Waals surface area contributed by atoms with Crippen molar-refractivity contribution in [2.75, 3.05) is 6.54 Å². The molecule has 0 aliphatic carbocycles. The quantitative estimate of drug-likeness (QED) is 0.811. The van der Waals surface area contributed by atoms with Gasteiger partial charge in [-0.3, -0.25) is 4.68 Å². The van der Waals surface area contributed by atoms with Crippen LogP contribution in [0, 0.1) is 0 Å². The molecular formula is C12H22N4O2S. The number of sulfonamides is 1. The molecule has 7 heteroatoms. The van der Waals surface area contributed by atoms with E-state index in [0.29, 0.717) is 19.0 Å². The van der Waals surface area contributed by atoms with E-state index >= 15 is 0 Å². The molecule has 0 radical (unpaired) electrons. The Morgan fingerprint density at radius 2 is 2.26 bits per heavy atom. The average Bonchev–Trinajstić information content (AvgIpc) is 2.70. The normalized spacial score (nSPS) is 24.6. The lowest BCUT2D eigenvalue weighted by Crippen LogP contribution is -2.47. The van der Waals surface area contributed by atoms with Crippen LogP contribution in [0.15, 0.2) is 6.07 Å². The number of piperidine rings is 1. The number of hydrogen-bond donors (Lipinski definition) is 2. The van der Waals surface area contributed by atoms with Crippen LogP contribution in [0.2, 0.25) is 0 Å². The smallest absolute Gasteiger partial charge is 0.213 e. The number of hydrogen-bond acceptors (Lipinski definition) is 4. The summed E-state index contributed by atoms with van der Waals surface area (Å²) in [6.45, 7) is 2.53. The van der Waals surface area contributed by atoms with E-state index in [-0.39, 0.29) is 0 Å². The molecule has 1 aromatic heterocycles. The van der Waals surface area contributed by atoms with Gasteiger partial charge in [-0.15, -0.1) is 0 Å². The van der Waals surface area contributed by atoms with Gasteiger partial charge in [-0.2, -0.15) is 5.10 Å². The van der Waals surface area contributed by atoms with Gasteiger partial charge in [0.2, 0.25) is 10.0 Å². The second-order valence-electron chi connectivity index (χ2n) is 5.20. The summed E-state index contributed by atoms with van der Waals surface area (Å²) in [6, 6.07) is 2.42. The molecule has 2 atom stereocenters. The number of nitrogens with zero attached hydrogens (tertiary/aromatic N) is 2. The SMILES string of the molecule is CCc1cc(CC2CCC(S(N)(=O)=O)CN2)n(C)n1. The van der Waals surface area contributed by atoms with Gasteiger partial charge in [0.25, 0.3) is 0 Å². The Balaban J connectivity index is 1.94. The minimum atomic E-state index is -3.41. The van der Waals surface area contributed by atoms with Gasteiger partial charge in [-0.25, -0.2) is 13.6 Å². The second-order valence-corrected chi connectivity index (χ2v) is 7.05. The Morgan fingerprint density at radius 1 is 1.53 bits per heavy atom. The van der Waals surface area contributed by atoms with E-state index in [2.05, 4.69) is 23.4 Å². The predicted molar refractivity (Wildman–Crippen MR) is 74.2 cm³/mol. The van der Waals surface area contributed by atoms with Crippen LogP contribution in [0.4, 0.5) is 0 Å². The standard InChI is InChI=1S/C12H22N4O2S/c1-3-9-6-11(16(2)15-9)7-10-4-5-12(8-14-10)19(13,17)18/h6,10,12,14H,3-5,7-8H2,1-2H3,(H2,13,17,18). The van der Waals surface area contributed by atoms with E-state index in [0.717, 1.165) is 25.0 Å². The molecule has 6 nitrogen and oxygen atoms in total. The summed E-state index contributed by atoms with van der Waals surface area (Å²) in [5, 5.41) is 12.4. The van der Waals surface area contributed by atoms with Gasteiger partial charge < -0.3 is 5.32 Å². The van der Waals surface area contributed by atoms with E-state index in [1.54, 1.807) is 0 Å². The minimum Gasteiger partial charge on any atom is -0.312 e. The molecule has 2 heterocycles. The molecule has 0 aromatic carbocycles. The maximum Gasteiger partial charge on any atom is 0.213 e. The molecule has 1 aliphatic rings. The largest absolute Gasteiger partial charge is 0.312 e. The Labute approximate surface area is 114 Å². The number of nitrogens with one attached hydrogen (secondary N) is 1. The molecule has 108 valence electrons. The zero-order valence-corrected chi connectivity index (χ0v) is 12.3. The van der Waals surface area contributed by atoms with Crippen molar-refractivity contribution < 1.29 is 8.42 Å². The van der Waals surface area contributed by atoms with Crippen LogP contribution in [-0.4, -0.2) is 36.0 Å². The van der Waals surface area contributed by atoms with Crippen LogP contribution in [0.3, 0.4) is 0 Å². The Bertz CT molecular complexity index is 530. The highest BCUT2D eigenvalue weighted by molar-refractivity contribution is 7.89. The molecule has 0 spiro atoms. The van der Waals surface area contributed by atoms with E-state index in [9.17, 15) is 8.42 Å². The third-order valence-corrected chi connectivity index (χ3v) is 5.11. The van der Waals surface area contributed by atoms with Crippen LogP contribution in [0.1, 0.15) is 31.2 Å².